The monoisotopic (exact) mass is 396 g/mol. The fraction of sp³-hybridized carbons (Fsp3) is 0.381. The summed E-state index contributed by atoms with van der Waals surface area (Å²) >= 11 is 0. The first-order chi connectivity index (χ1) is 14.0. The average molecular weight is 396 g/mol. The van der Waals surface area contributed by atoms with E-state index in [9.17, 15) is 4.39 Å². The van der Waals surface area contributed by atoms with Crippen molar-refractivity contribution in [3.63, 3.8) is 0 Å². The zero-order valence-electron chi connectivity index (χ0n) is 16.6. The number of nitrogens with zero attached hydrogens (tertiary/aromatic N) is 5. The van der Waals surface area contributed by atoms with Crippen LogP contribution in [0, 0.1) is 5.82 Å². The Kier molecular flexibility index (Phi) is 5.55. The second-order valence-electron chi connectivity index (χ2n) is 7.55. The Hall–Kier alpha value is -2.84. The molecule has 8 heteroatoms. The number of β-amino-alcohol motifs (C(OH)–C–C–N with tert-alkyl or cyclic N) is 1. The minimum absolute atomic E-state index is 0.176. The van der Waals surface area contributed by atoms with Crippen molar-refractivity contribution in [3.8, 4) is 11.3 Å². The SMILES string of the molecule is CC(C)n1cc(-c2nc(Nc3ccc4c(c3)CCN(CCO)C4)ncc2F)cn1. The number of aliphatic hydroxyl groups excluding tert-OH is 1. The van der Waals surface area contributed by atoms with Gasteiger partial charge < -0.3 is 10.4 Å². The summed E-state index contributed by atoms with van der Waals surface area (Å²) in [6, 6.07) is 6.34. The Morgan fingerprint density at radius 3 is 2.86 bits per heavy atom. The van der Waals surface area contributed by atoms with E-state index in [4.69, 9.17) is 5.11 Å². The van der Waals surface area contributed by atoms with Crippen LogP contribution in [0.5, 0.6) is 0 Å². The van der Waals surface area contributed by atoms with Gasteiger partial charge in [0.25, 0.3) is 0 Å². The number of hydrogen-bond donors (Lipinski definition) is 2. The van der Waals surface area contributed by atoms with Gasteiger partial charge in [-0.2, -0.15) is 5.10 Å². The lowest BCUT2D eigenvalue weighted by Gasteiger charge is -2.28. The van der Waals surface area contributed by atoms with E-state index in [-0.39, 0.29) is 18.3 Å². The van der Waals surface area contributed by atoms with E-state index in [1.54, 1.807) is 17.1 Å². The molecule has 0 spiro atoms. The zero-order valence-corrected chi connectivity index (χ0v) is 16.6. The van der Waals surface area contributed by atoms with Crippen molar-refractivity contribution in [3.05, 3.63) is 53.7 Å². The van der Waals surface area contributed by atoms with E-state index >= 15 is 0 Å². The van der Waals surface area contributed by atoms with Gasteiger partial charge in [0, 0.05) is 43.1 Å². The summed E-state index contributed by atoms with van der Waals surface area (Å²) in [5.74, 6) is -0.135. The molecule has 29 heavy (non-hydrogen) atoms. The number of fused-ring (bicyclic) bond motifs is 1. The molecule has 0 saturated carbocycles. The third kappa shape index (κ3) is 4.28. The summed E-state index contributed by atoms with van der Waals surface area (Å²) in [6.45, 7) is 6.66. The van der Waals surface area contributed by atoms with Gasteiger partial charge in [-0.3, -0.25) is 9.58 Å². The van der Waals surface area contributed by atoms with Gasteiger partial charge in [0.05, 0.1) is 19.0 Å². The van der Waals surface area contributed by atoms with Crippen LogP contribution < -0.4 is 5.32 Å². The number of aliphatic hydroxyl groups is 1. The third-order valence-electron chi connectivity index (χ3n) is 5.12. The zero-order chi connectivity index (χ0) is 20.4. The molecule has 0 saturated heterocycles. The summed E-state index contributed by atoms with van der Waals surface area (Å²) in [4.78, 5) is 10.7. The van der Waals surface area contributed by atoms with Crippen molar-refractivity contribution < 1.29 is 9.50 Å². The molecular formula is C21H25FN6O. The van der Waals surface area contributed by atoms with Gasteiger partial charge in [-0.25, -0.2) is 14.4 Å². The van der Waals surface area contributed by atoms with Crippen LogP contribution in [0.4, 0.5) is 16.0 Å². The lowest BCUT2D eigenvalue weighted by Crippen LogP contribution is -2.32. The number of benzene rings is 1. The van der Waals surface area contributed by atoms with E-state index in [0.29, 0.717) is 18.1 Å². The summed E-state index contributed by atoms with van der Waals surface area (Å²) < 4.78 is 16.1. The Balaban J connectivity index is 1.54. The maximum Gasteiger partial charge on any atom is 0.227 e. The van der Waals surface area contributed by atoms with Crippen LogP contribution in [0.1, 0.15) is 31.0 Å². The Labute approximate surface area is 169 Å². The first kappa shape index (κ1) is 19.5. The van der Waals surface area contributed by atoms with Gasteiger partial charge in [0.15, 0.2) is 5.82 Å². The van der Waals surface area contributed by atoms with Crippen molar-refractivity contribution in [2.45, 2.75) is 32.9 Å². The van der Waals surface area contributed by atoms with E-state index < -0.39 is 5.82 Å². The van der Waals surface area contributed by atoms with Gasteiger partial charge in [-0.05, 0) is 43.5 Å². The standard InChI is InChI=1S/C21H25FN6O/c1-14(2)28-13-17(10-24-28)20-19(22)11-23-21(26-20)25-18-4-3-16-12-27(7-8-29)6-5-15(16)9-18/h3-4,9-11,13-14,29H,5-8,12H2,1-2H3,(H,23,25,26). The molecule has 0 atom stereocenters. The molecule has 0 bridgehead atoms. The summed E-state index contributed by atoms with van der Waals surface area (Å²) in [5, 5.41) is 16.6. The van der Waals surface area contributed by atoms with Gasteiger partial charge in [-0.15, -0.1) is 0 Å². The van der Waals surface area contributed by atoms with Crippen LogP contribution in [0.3, 0.4) is 0 Å². The number of nitrogens with one attached hydrogen (secondary N) is 1. The topological polar surface area (TPSA) is 79.1 Å². The van der Waals surface area contributed by atoms with Crippen LogP contribution >= 0.6 is 0 Å². The first-order valence-corrected chi connectivity index (χ1v) is 9.82. The maximum atomic E-state index is 14.3. The normalized spacial score (nSPS) is 14.2. The predicted molar refractivity (Wildman–Crippen MR) is 109 cm³/mol. The van der Waals surface area contributed by atoms with Crippen molar-refractivity contribution in [2.75, 3.05) is 25.0 Å². The average Bonchev–Trinajstić information content (AvgIpc) is 3.20. The number of anilines is 2. The largest absolute Gasteiger partial charge is 0.395 e. The maximum absolute atomic E-state index is 14.3. The third-order valence-corrected chi connectivity index (χ3v) is 5.12. The van der Waals surface area contributed by atoms with Crippen LogP contribution in [-0.4, -0.2) is 49.5 Å². The van der Waals surface area contributed by atoms with Gasteiger partial charge in [-0.1, -0.05) is 6.07 Å². The smallest absolute Gasteiger partial charge is 0.227 e. The molecule has 2 aromatic heterocycles. The highest BCUT2D eigenvalue weighted by molar-refractivity contribution is 5.62. The fourth-order valence-corrected chi connectivity index (χ4v) is 3.52. The minimum atomic E-state index is -0.478. The molecule has 4 rings (SSSR count). The molecule has 3 aromatic rings. The van der Waals surface area contributed by atoms with Crippen molar-refractivity contribution in [1.82, 2.24) is 24.6 Å². The van der Waals surface area contributed by atoms with Crippen LogP contribution in [-0.2, 0) is 13.0 Å². The highest BCUT2D eigenvalue weighted by Gasteiger charge is 2.17. The first-order valence-electron chi connectivity index (χ1n) is 9.82. The lowest BCUT2D eigenvalue weighted by molar-refractivity contribution is 0.184. The van der Waals surface area contributed by atoms with Gasteiger partial charge in [0.1, 0.15) is 5.69 Å². The van der Waals surface area contributed by atoms with Gasteiger partial charge >= 0.3 is 0 Å². The highest BCUT2D eigenvalue weighted by Crippen LogP contribution is 2.26. The second kappa shape index (κ2) is 8.26. The lowest BCUT2D eigenvalue weighted by atomic mass is 9.99. The summed E-state index contributed by atoms with van der Waals surface area (Å²) in [5.41, 5.74) is 4.25. The molecule has 3 heterocycles. The Morgan fingerprint density at radius 2 is 2.10 bits per heavy atom. The highest BCUT2D eigenvalue weighted by atomic mass is 19.1. The predicted octanol–water partition coefficient (Wildman–Crippen LogP) is 3.15. The van der Waals surface area contributed by atoms with Crippen LogP contribution in [0.2, 0.25) is 0 Å². The molecule has 0 fully saturated rings. The summed E-state index contributed by atoms with van der Waals surface area (Å²) in [6.07, 6.45) is 5.51. The van der Waals surface area contributed by atoms with Crippen molar-refractivity contribution >= 4 is 11.6 Å². The van der Waals surface area contributed by atoms with Crippen molar-refractivity contribution in [1.29, 1.82) is 0 Å². The number of rotatable bonds is 6. The molecule has 1 aliphatic heterocycles. The number of halogens is 1. The molecular weight excluding hydrogens is 371 g/mol. The molecule has 7 nitrogen and oxygen atoms in total. The van der Waals surface area contributed by atoms with Gasteiger partial charge in [0.2, 0.25) is 5.95 Å². The van der Waals surface area contributed by atoms with Crippen LogP contribution in [0.15, 0.2) is 36.8 Å². The number of aromatic nitrogens is 4. The van der Waals surface area contributed by atoms with E-state index in [2.05, 4.69) is 37.4 Å². The molecule has 152 valence electrons. The molecule has 2 N–H and O–H groups in total. The minimum Gasteiger partial charge on any atom is -0.395 e. The molecule has 0 radical (unpaired) electrons. The second-order valence-corrected chi connectivity index (χ2v) is 7.55. The Bertz CT molecular complexity index is 1000. The molecule has 1 aromatic carbocycles. The molecule has 0 aliphatic carbocycles. The molecule has 0 amide bonds. The van der Waals surface area contributed by atoms with E-state index in [1.165, 1.54) is 17.3 Å². The fourth-order valence-electron chi connectivity index (χ4n) is 3.52. The number of hydrogen-bond acceptors (Lipinski definition) is 6. The van der Waals surface area contributed by atoms with E-state index in [0.717, 1.165) is 25.2 Å². The molecule has 1 aliphatic rings. The quantitative estimate of drug-likeness (QED) is 0.666. The van der Waals surface area contributed by atoms with Crippen molar-refractivity contribution in [2.24, 2.45) is 0 Å². The molecule has 0 unspecified atom stereocenters. The van der Waals surface area contributed by atoms with E-state index in [1.807, 2.05) is 19.9 Å². The Morgan fingerprint density at radius 1 is 1.24 bits per heavy atom. The van der Waals surface area contributed by atoms with Crippen LogP contribution in [0.25, 0.3) is 11.3 Å². The summed E-state index contributed by atoms with van der Waals surface area (Å²) in [7, 11) is 0.